The standard InChI is InChI=1S/C20H26N2O4/c1-14(20(23)21-16-8-6-7-9-17(16)24-3)22(2)13-15-10-11-18(25-4)19(12-15)26-5/h6-12,14H,13H2,1-5H3,(H,21,23)/p+1/t14-/m1/s1. The second-order valence-electron chi connectivity index (χ2n) is 6.12. The Hall–Kier alpha value is -2.73. The van der Waals surface area contributed by atoms with Crippen molar-refractivity contribution in [2.75, 3.05) is 33.7 Å². The molecule has 1 unspecified atom stereocenters. The summed E-state index contributed by atoms with van der Waals surface area (Å²) >= 11 is 0. The molecule has 2 atom stereocenters. The summed E-state index contributed by atoms with van der Waals surface area (Å²) in [6.07, 6.45) is 0. The minimum atomic E-state index is -0.243. The number of hydrogen-bond donors (Lipinski definition) is 2. The van der Waals surface area contributed by atoms with E-state index in [4.69, 9.17) is 14.2 Å². The Morgan fingerprint density at radius 2 is 1.65 bits per heavy atom. The number of hydrogen-bond acceptors (Lipinski definition) is 4. The van der Waals surface area contributed by atoms with E-state index in [1.807, 2.05) is 56.4 Å². The molecule has 0 heterocycles. The van der Waals surface area contributed by atoms with Crippen LogP contribution >= 0.6 is 0 Å². The average molecular weight is 359 g/mol. The number of benzene rings is 2. The molecule has 2 aromatic carbocycles. The summed E-state index contributed by atoms with van der Waals surface area (Å²) < 4.78 is 15.9. The van der Waals surface area contributed by atoms with Gasteiger partial charge in [0.1, 0.15) is 12.3 Å². The molecule has 0 aromatic heterocycles. The molecule has 2 rings (SSSR count). The second kappa shape index (κ2) is 9.10. The fourth-order valence-corrected chi connectivity index (χ4v) is 2.68. The number of nitrogens with one attached hydrogen (secondary N) is 2. The topological polar surface area (TPSA) is 61.2 Å². The predicted molar refractivity (Wildman–Crippen MR) is 101 cm³/mol. The monoisotopic (exact) mass is 359 g/mol. The number of carbonyl (C=O) groups is 1. The van der Waals surface area contributed by atoms with Gasteiger partial charge in [0.05, 0.1) is 34.1 Å². The third-order valence-corrected chi connectivity index (χ3v) is 4.43. The maximum absolute atomic E-state index is 12.6. The highest BCUT2D eigenvalue weighted by Gasteiger charge is 2.23. The molecule has 6 heteroatoms. The van der Waals surface area contributed by atoms with Crippen molar-refractivity contribution in [3.05, 3.63) is 48.0 Å². The van der Waals surface area contributed by atoms with Gasteiger partial charge in [0.2, 0.25) is 0 Å². The quantitative estimate of drug-likeness (QED) is 0.754. The zero-order chi connectivity index (χ0) is 19.1. The number of anilines is 1. The maximum atomic E-state index is 12.6. The van der Waals surface area contributed by atoms with E-state index >= 15 is 0 Å². The van der Waals surface area contributed by atoms with Crippen LogP contribution in [0.5, 0.6) is 17.2 Å². The maximum Gasteiger partial charge on any atom is 0.282 e. The highest BCUT2D eigenvalue weighted by Crippen LogP contribution is 2.27. The molecule has 0 saturated heterocycles. The molecule has 0 aliphatic rings. The number of amides is 1. The molecular weight excluding hydrogens is 332 g/mol. The van der Waals surface area contributed by atoms with Crippen LogP contribution in [0.25, 0.3) is 0 Å². The lowest BCUT2D eigenvalue weighted by Crippen LogP contribution is -3.12. The normalized spacial score (nSPS) is 12.8. The molecule has 6 nitrogen and oxygen atoms in total. The number of likely N-dealkylation sites (N-methyl/N-ethyl adjacent to an activating group) is 1. The van der Waals surface area contributed by atoms with Gasteiger partial charge >= 0.3 is 0 Å². The number of ether oxygens (including phenoxy) is 3. The molecule has 140 valence electrons. The van der Waals surface area contributed by atoms with E-state index in [2.05, 4.69) is 5.32 Å². The predicted octanol–water partition coefficient (Wildman–Crippen LogP) is 1.75. The number of carbonyl (C=O) groups excluding carboxylic acids is 1. The van der Waals surface area contributed by atoms with E-state index < -0.39 is 0 Å². The van der Waals surface area contributed by atoms with Crippen LogP contribution < -0.4 is 24.4 Å². The zero-order valence-corrected chi connectivity index (χ0v) is 16.0. The molecule has 0 radical (unpaired) electrons. The highest BCUT2D eigenvalue weighted by atomic mass is 16.5. The van der Waals surface area contributed by atoms with Crippen molar-refractivity contribution in [2.24, 2.45) is 0 Å². The van der Waals surface area contributed by atoms with Crippen molar-refractivity contribution in [1.82, 2.24) is 0 Å². The van der Waals surface area contributed by atoms with Crippen LogP contribution in [-0.4, -0.2) is 40.3 Å². The molecule has 0 spiro atoms. The van der Waals surface area contributed by atoms with Gasteiger partial charge in [0.25, 0.3) is 5.91 Å². The van der Waals surface area contributed by atoms with Crippen LogP contribution in [0.4, 0.5) is 5.69 Å². The van der Waals surface area contributed by atoms with Crippen molar-refractivity contribution >= 4 is 11.6 Å². The largest absolute Gasteiger partial charge is 0.495 e. The van der Waals surface area contributed by atoms with Gasteiger partial charge in [-0.2, -0.15) is 0 Å². The van der Waals surface area contributed by atoms with Crippen LogP contribution in [0, 0.1) is 0 Å². The van der Waals surface area contributed by atoms with Crippen molar-refractivity contribution in [3.63, 3.8) is 0 Å². The number of quaternary nitrogens is 1. The molecular formula is C20H27N2O4+. The van der Waals surface area contributed by atoms with Gasteiger partial charge in [-0.3, -0.25) is 4.79 Å². The third kappa shape index (κ3) is 4.67. The minimum absolute atomic E-state index is 0.0625. The number of para-hydroxylation sites is 2. The van der Waals surface area contributed by atoms with Crippen LogP contribution in [-0.2, 0) is 11.3 Å². The summed E-state index contributed by atoms with van der Waals surface area (Å²) in [5.74, 6) is 1.96. The van der Waals surface area contributed by atoms with Gasteiger partial charge in [-0.15, -0.1) is 0 Å². The Morgan fingerprint density at radius 1 is 1.00 bits per heavy atom. The molecule has 2 N–H and O–H groups in total. The smallest absolute Gasteiger partial charge is 0.282 e. The Labute approximate surface area is 154 Å². The van der Waals surface area contributed by atoms with E-state index in [0.29, 0.717) is 29.5 Å². The lowest BCUT2D eigenvalue weighted by molar-refractivity contribution is -0.907. The molecule has 0 bridgehead atoms. The third-order valence-electron chi connectivity index (χ3n) is 4.43. The van der Waals surface area contributed by atoms with E-state index in [0.717, 1.165) is 10.5 Å². The summed E-state index contributed by atoms with van der Waals surface area (Å²) in [6, 6.07) is 12.9. The van der Waals surface area contributed by atoms with Crippen LogP contribution in [0.3, 0.4) is 0 Å². The Kier molecular flexibility index (Phi) is 6.86. The molecule has 0 aliphatic carbocycles. The number of rotatable bonds is 8. The first kappa shape index (κ1) is 19.6. The molecule has 1 amide bonds. The first-order chi connectivity index (χ1) is 12.5. The summed E-state index contributed by atoms with van der Waals surface area (Å²) in [7, 11) is 6.80. The molecule has 0 saturated carbocycles. The summed E-state index contributed by atoms with van der Waals surface area (Å²) in [6.45, 7) is 2.59. The Morgan fingerprint density at radius 3 is 2.31 bits per heavy atom. The molecule has 26 heavy (non-hydrogen) atoms. The fourth-order valence-electron chi connectivity index (χ4n) is 2.68. The fraction of sp³-hybridized carbons (Fsp3) is 0.350. The molecule has 2 aromatic rings. The SMILES string of the molecule is COc1ccccc1NC(=O)[C@@H](C)[NH+](C)Cc1ccc(OC)c(OC)c1. The first-order valence-corrected chi connectivity index (χ1v) is 8.47. The van der Waals surface area contributed by atoms with Gasteiger partial charge in [0.15, 0.2) is 17.5 Å². The van der Waals surface area contributed by atoms with Crippen molar-refractivity contribution in [3.8, 4) is 17.2 Å². The van der Waals surface area contributed by atoms with Gasteiger partial charge in [-0.1, -0.05) is 12.1 Å². The first-order valence-electron chi connectivity index (χ1n) is 8.47. The summed E-state index contributed by atoms with van der Waals surface area (Å²) in [5, 5.41) is 2.94. The number of methoxy groups -OCH3 is 3. The summed E-state index contributed by atoms with van der Waals surface area (Å²) in [5.41, 5.74) is 1.74. The Bertz CT molecular complexity index is 748. The van der Waals surface area contributed by atoms with Crippen molar-refractivity contribution < 1.29 is 23.9 Å². The average Bonchev–Trinajstić information content (AvgIpc) is 2.67. The minimum Gasteiger partial charge on any atom is -0.495 e. The van der Waals surface area contributed by atoms with E-state index in [1.54, 1.807) is 21.3 Å². The van der Waals surface area contributed by atoms with Crippen LogP contribution in [0.15, 0.2) is 42.5 Å². The van der Waals surface area contributed by atoms with E-state index in [9.17, 15) is 4.79 Å². The van der Waals surface area contributed by atoms with Gasteiger partial charge in [-0.05, 0) is 37.3 Å². The van der Waals surface area contributed by atoms with Gasteiger partial charge in [0, 0.05) is 5.56 Å². The van der Waals surface area contributed by atoms with Crippen molar-refractivity contribution in [2.45, 2.75) is 19.5 Å². The van der Waals surface area contributed by atoms with Gasteiger partial charge in [-0.25, -0.2) is 0 Å². The van der Waals surface area contributed by atoms with E-state index in [-0.39, 0.29) is 11.9 Å². The highest BCUT2D eigenvalue weighted by molar-refractivity contribution is 5.94. The lowest BCUT2D eigenvalue weighted by atomic mass is 10.1. The lowest BCUT2D eigenvalue weighted by Gasteiger charge is -2.22. The van der Waals surface area contributed by atoms with Crippen LogP contribution in [0.2, 0.25) is 0 Å². The van der Waals surface area contributed by atoms with Gasteiger partial charge < -0.3 is 24.4 Å². The Balaban J connectivity index is 2.04. The van der Waals surface area contributed by atoms with Crippen LogP contribution in [0.1, 0.15) is 12.5 Å². The zero-order valence-electron chi connectivity index (χ0n) is 16.0. The second-order valence-corrected chi connectivity index (χ2v) is 6.12. The van der Waals surface area contributed by atoms with E-state index in [1.165, 1.54) is 0 Å². The molecule has 0 aliphatic heterocycles. The summed E-state index contributed by atoms with van der Waals surface area (Å²) in [4.78, 5) is 13.7. The molecule has 0 fully saturated rings. The van der Waals surface area contributed by atoms with Crippen molar-refractivity contribution in [1.29, 1.82) is 0 Å².